The molecule has 0 amide bonds. The molecule has 2 atom stereocenters. The molecule has 0 fully saturated rings. The Kier molecular flexibility index (Phi) is 6.56. The molecule has 1 aromatic rings. The number of rotatable bonds is 1. The van der Waals surface area contributed by atoms with E-state index >= 15 is 0 Å². The molecule has 1 aromatic carbocycles. The lowest BCUT2D eigenvalue weighted by molar-refractivity contribution is 0.189. The quantitative estimate of drug-likeness (QED) is 0.714. The normalized spacial score (nSPS) is 26.3. The summed E-state index contributed by atoms with van der Waals surface area (Å²) in [4.78, 5) is 4.90. The average Bonchev–Trinajstić information content (AvgIpc) is 2.57. The van der Waals surface area contributed by atoms with Crippen LogP contribution in [0.4, 0.5) is 0 Å². The van der Waals surface area contributed by atoms with Gasteiger partial charge in [-0.05, 0) is 51.6 Å². The molecule has 26 heavy (non-hydrogen) atoms. The van der Waals surface area contributed by atoms with E-state index in [2.05, 4.69) is 65.6 Å². The topological polar surface area (TPSA) is 56.8 Å². The van der Waals surface area contributed by atoms with Crippen molar-refractivity contribution >= 4 is 22.5 Å². The van der Waals surface area contributed by atoms with E-state index < -0.39 is 5.54 Å². The molecule has 1 aliphatic heterocycles. The first-order chi connectivity index (χ1) is 12.0. The van der Waals surface area contributed by atoms with Crippen molar-refractivity contribution in [3.05, 3.63) is 29.3 Å². The standard InChI is InChI=1S/C21H34N2O2S/c1-8-16-11-12-26(7)24-14-20(3,4)19(22)23-21(5,6)17-13-15(2)9-10-18(17)25-16/h9-10,13,16H,7-8,11-12,14H2,1-6H3,(H2,22,23)/t16-,26?/m0/s1. The Bertz CT molecular complexity index is 695. The van der Waals surface area contributed by atoms with Crippen LogP contribution in [-0.4, -0.2) is 30.2 Å². The largest absolute Gasteiger partial charge is 0.490 e. The fraction of sp³-hybridized carbons (Fsp3) is 0.619. The second-order valence-electron chi connectivity index (χ2n) is 8.28. The van der Waals surface area contributed by atoms with Gasteiger partial charge in [-0.3, -0.25) is 4.99 Å². The molecule has 1 aliphatic rings. The third kappa shape index (κ3) is 5.10. The Hall–Kier alpha value is -1.33. The van der Waals surface area contributed by atoms with Crippen LogP contribution < -0.4 is 10.5 Å². The number of fused-ring (bicyclic) bond motifs is 1. The molecule has 2 N–H and O–H groups in total. The van der Waals surface area contributed by atoms with Gasteiger partial charge in [-0.2, -0.15) is 0 Å². The molecular formula is C21H34N2O2S. The molecule has 5 heteroatoms. The second kappa shape index (κ2) is 8.13. The van der Waals surface area contributed by atoms with Crippen molar-refractivity contribution in [3.63, 3.8) is 0 Å². The molecule has 4 nitrogen and oxygen atoms in total. The van der Waals surface area contributed by atoms with E-state index in [-0.39, 0.29) is 22.3 Å². The molecule has 2 rings (SSSR count). The first-order valence-corrected chi connectivity index (χ1v) is 10.8. The van der Waals surface area contributed by atoms with Gasteiger partial charge < -0.3 is 14.7 Å². The highest BCUT2D eigenvalue weighted by molar-refractivity contribution is 8.09. The molecule has 0 spiro atoms. The summed E-state index contributed by atoms with van der Waals surface area (Å²) in [6.45, 7) is 13.1. The summed E-state index contributed by atoms with van der Waals surface area (Å²) >= 11 is 0. The zero-order valence-corrected chi connectivity index (χ0v) is 17.9. The van der Waals surface area contributed by atoms with Crippen molar-refractivity contribution in [2.75, 3.05) is 12.4 Å². The summed E-state index contributed by atoms with van der Waals surface area (Å²) < 4.78 is 12.4. The molecule has 0 radical (unpaired) electrons. The third-order valence-corrected chi connectivity index (χ3v) is 6.03. The molecule has 0 bridgehead atoms. The zero-order valence-electron chi connectivity index (χ0n) is 17.1. The molecule has 0 aliphatic carbocycles. The summed E-state index contributed by atoms with van der Waals surface area (Å²) in [7, 11) is -0.362. The highest BCUT2D eigenvalue weighted by atomic mass is 32.2. The Balaban J connectivity index is 2.55. The van der Waals surface area contributed by atoms with Gasteiger partial charge in [-0.25, -0.2) is 0 Å². The summed E-state index contributed by atoms with van der Waals surface area (Å²) in [6.07, 6.45) is 2.01. The van der Waals surface area contributed by atoms with Gasteiger partial charge in [0.15, 0.2) is 0 Å². The van der Waals surface area contributed by atoms with Crippen LogP contribution in [0.5, 0.6) is 5.75 Å². The van der Waals surface area contributed by atoms with Crippen LogP contribution >= 0.6 is 10.8 Å². The highest BCUT2D eigenvalue weighted by Crippen LogP contribution is 2.36. The predicted octanol–water partition coefficient (Wildman–Crippen LogP) is 4.81. The van der Waals surface area contributed by atoms with Crippen molar-refractivity contribution in [1.82, 2.24) is 0 Å². The number of aryl methyl sites for hydroxylation is 1. The maximum atomic E-state index is 6.41. The fourth-order valence-corrected chi connectivity index (χ4v) is 3.99. The van der Waals surface area contributed by atoms with Gasteiger partial charge >= 0.3 is 0 Å². The Morgan fingerprint density at radius 3 is 2.65 bits per heavy atom. The number of amidine groups is 1. The molecular weight excluding hydrogens is 344 g/mol. The van der Waals surface area contributed by atoms with Gasteiger partial charge in [0, 0.05) is 16.7 Å². The Labute approximate surface area is 161 Å². The summed E-state index contributed by atoms with van der Waals surface area (Å²) in [5, 5.41) is 0. The molecule has 0 saturated heterocycles. The maximum Gasteiger partial charge on any atom is 0.125 e. The first-order valence-electron chi connectivity index (χ1n) is 9.32. The lowest BCUT2D eigenvalue weighted by atomic mass is 9.89. The van der Waals surface area contributed by atoms with Gasteiger partial charge in [-0.15, -0.1) is 0 Å². The number of hydrogen-bond acceptors (Lipinski definition) is 4. The van der Waals surface area contributed by atoms with Crippen LogP contribution in [-0.2, 0) is 9.72 Å². The maximum absolute atomic E-state index is 6.41. The van der Waals surface area contributed by atoms with Crippen LogP contribution in [0, 0.1) is 12.3 Å². The van der Waals surface area contributed by atoms with Crippen molar-refractivity contribution in [2.45, 2.75) is 66.0 Å². The van der Waals surface area contributed by atoms with Gasteiger partial charge in [0.25, 0.3) is 0 Å². The number of nitrogens with two attached hydrogens (primary N) is 1. The molecule has 0 saturated carbocycles. The van der Waals surface area contributed by atoms with Crippen LogP contribution in [0.1, 0.15) is 58.6 Å². The number of aliphatic imine (C=N–C) groups is 1. The van der Waals surface area contributed by atoms with E-state index in [1.54, 1.807) is 0 Å². The Morgan fingerprint density at radius 1 is 1.31 bits per heavy atom. The molecule has 1 heterocycles. The zero-order chi connectivity index (χ0) is 19.5. The van der Waals surface area contributed by atoms with Gasteiger partial charge in [0.2, 0.25) is 0 Å². The number of nitrogens with zero attached hydrogens (tertiary/aromatic N) is 1. The van der Waals surface area contributed by atoms with Crippen LogP contribution in [0.25, 0.3) is 0 Å². The summed E-state index contributed by atoms with van der Waals surface area (Å²) in [5.41, 5.74) is 7.85. The first kappa shape index (κ1) is 21.0. The second-order valence-corrected chi connectivity index (χ2v) is 9.81. The van der Waals surface area contributed by atoms with E-state index in [9.17, 15) is 0 Å². The van der Waals surface area contributed by atoms with Gasteiger partial charge in [0.1, 0.15) is 11.6 Å². The summed E-state index contributed by atoms with van der Waals surface area (Å²) in [5.74, 6) is 6.54. The minimum atomic E-state index is -0.485. The summed E-state index contributed by atoms with van der Waals surface area (Å²) in [6, 6.07) is 6.31. The Morgan fingerprint density at radius 2 is 2.00 bits per heavy atom. The van der Waals surface area contributed by atoms with E-state index in [0.29, 0.717) is 12.4 Å². The fourth-order valence-electron chi connectivity index (χ4n) is 2.89. The molecule has 1 unspecified atom stereocenters. The van der Waals surface area contributed by atoms with Gasteiger partial charge in [-0.1, -0.05) is 43.2 Å². The SMILES string of the molecule is C=S1CC[C@H](CC)Oc2ccc(C)cc2C(C)(C)N=C(N)C(C)(C)CO1. The minimum Gasteiger partial charge on any atom is -0.490 e. The lowest BCUT2D eigenvalue weighted by Gasteiger charge is -2.30. The predicted molar refractivity (Wildman–Crippen MR) is 114 cm³/mol. The van der Waals surface area contributed by atoms with E-state index in [1.807, 2.05) is 0 Å². The van der Waals surface area contributed by atoms with E-state index in [0.717, 1.165) is 29.9 Å². The number of benzene rings is 1. The highest BCUT2D eigenvalue weighted by Gasteiger charge is 2.31. The molecule has 0 aromatic heterocycles. The van der Waals surface area contributed by atoms with Crippen molar-refractivity contribution < 1.29 is 8.92 Å². The van der Waals surface area contributed by atoms with Crippen molar-refractivity contribution in [2.24, 2.45) is 16.1 Å². The average molecular weight is 379 g/mol. The van der Waals surface area contributed by atoms with Gasteiger partial charge in [0.05, 0.1) is 18.2 Å². The van der Waals surface area contributed by atoms with Crippen LogP contribution in [0.3, 0.4) is 0 Å². The number of hydrogen-bond donors (Lipinski definition) is 1. The van der Waals surface area contributed by atoms with Crippen LogP contribution in [0.15, 0.2) is 23.2 Å². The smallest absolute Gasteiger partial charge is 0.125 e. The lowest BCUT2D eigenvalue weighted by Crippen LogP contribution is -2.38. The monoisotopic (exact) mass is 378 g/mol. The minimum absolute atomic E-state index is 0.141. The van der Waals surface area contributed by atoms with Crippen LogP contribution in [0.2, 0.25) is 0 Å². The third-order valence-electron chi connectivity index (χ3n) is 4.89. The van der Waals surface area contributed by atoms with E-state index in [1.165, 1.54) is 5.56 Å². The van der Waals surface area contributed by atoms with Crippen molar-refractivity contribution in [1.29, 1.82) is 0 Å². The van der Waals surface area contributed by atoms with E-state index in [4.69, 9.17) is 19.6 Å². The van der Waals surface area contributed by atoms with Crippen molar-refractivity contribution in [3.8, 4) is 5.75 Å². The number of ether oxygens (including phenoxy) is 1. The molecule has 146 valence electrons.